The Morgan fingerprint density at radius 3 is 2.62 bits per heavy atom. The first-order valence-electron chi connectivity index (χ1n) is 12.0. The van der Waals surface area contributed by atoms with Gasteiger partial charge in [0.25, 0.3) is 5.91 Å². The zero-order valence-corrected chi connectivity index (χ0v) is 18.7. The van der Waals surface area contributed by atoms with Gasteiger partial charge in [-0.1, -0.05) is 18.6 Å². The summed E-state index contributed by atoms with van der Waals surface area (Å²) in [6, 6.07) is 9.24. The van der Waals surface area contributed by atoms with Crippen molar-refractivity contribution in [2.24, 2.45) is 17.8 Å². The number of fused-ring (bicyclic) bond motifs is 1. The van der Waals surface area contributed by atoms with E-state index in [0.29, 0.717) is 23.0 Å². The average Bonchev–Trinajstić information content (AvgIpc) is 3.37. The molecule has 0 unspecified atom stereocenters. The molecule has 0 radical (unpaired) electrons. The summed E-state index contributed by atoms with van der Waals surface area (Å²) in [5.41, 5.74) is 2.27. The minimum absolute atomic E-state index is 0.0573. The molecule has 3 aliphatic rings. The van der Waals surface area contributed by atoms with Crippen LogP contribution in [0, 0.1) is 29.1 Å². The molecule has 5 rings (SSSR count). The molecule has 168 valence electrons. The molecule has 1 saturated heterocycles. The van der Waals surface area contributed by atoms with Gasteiger partial charge in [0.15, 0.2) is 0 Å². The van der Waals surface area contributed by atoms with Gasteiger partial charge < -0.3 is 9.64 Å². The van der Waals surface area contributed by atoms with Crippen LogP contribution in [-0.2, 0) is 11.2 Å². The Balaban J connectivity index is 1.30. The molecule has 7 heteroatoms. The minimum Gasteiger partial charge on any atom is -0.376 e. The zero-order valence-electron chi connectivity index (χ0n) is 18.7. The number of nitriles is 1. The standard InChI is InChI=1S/C25H31N5O2/c1-2-3-22-15-30(28-27-22)23-10-20-13-29(25(31)19-8-6-17(12-26)7-9-19)14-21(20)11-24(23)32-16-18-4-5-18/h6-9,15,18,20-21,23-24H,2-5,10-11,13-14,16H2,1H3/t20-,21+,23-,24-/m1/s1. The predicted octanol–water partition coefficient (Wildman–Crippen LogP) is 3.62. The minimum atomic E-state index is 0.0573. The number of hydrogen-bond acceptors (Lipinski definition) is 5. The first kappa shape index (κ1) is 21.1. The first-order valence-corrected chi connectivity index (χ1v) is 12.0. The van der Waals surface area contributed by atoms with Gasteiger partial charge in [0, 0.05) is 31.5 Å². The Morgan fingerprint density at radius 1 is 1.19 bits per heavy atom. The predicted molar refractivity (Wildman–Crippen MR) is 119 cm³/mol. The summed E-state index contributed by atoms with van der Waals surface area (Å²) in [5, 5.41) is 17.8. The molecule has 2 heterocycles. The maximum atomic E-state index is 13.1. The molecular formula is C25H31N5O2. The fraction of sp³-hybridized carbons (Fsp3) is 0.600. The molecule has 1 amide bonds. The molecule has 0 N–H and O–H groups in total. The molecule has 2 saturated carbocycles. The molecule has 32 heavy (non-hydrogen) atoms. The van der Waals surface area contributed by atoms with E-state index in [-0.39, 0.29) is 18.1 Å². The Kier molecular flexibility index (Phi) is 5.97. The second-order valence-corrected chi connectivity index (χ2v) is 9.71. The highest BCUT2D eigenvalue weighted by molar-refractivity contribution is 5.94. The van der Waals surface area contributed by atoms with E-state index >= 15 is 0 Å². The number of rotatable bonds is 7. The van der Waals surface area contributed by atoms with Crippen molar-refractivity contribution >= 4 is 5.91 Å². The van der Waals surface area contributed by atoms with Crippen molar-refractivity contribution in [3.8, 4) is 6.07 Å². The Morgan fingerprint density at radius 2 is 1.94 bits per heavy atom. The Bertz CT molecular complexity index is 991. The highest BCUT2D eigenvalue weighted by atomic mass is 16.5. The van der Waals surface area contributed by atoms with Crippen molar-refractivity contribution in [3.05, 3.63) is 47.3 Å². The smallest absolute Gasteiger partial charge is 0.253 e. The fourth-order valence-electron chi connectivity index (χ4n) is 5.27. The van der Waals surface area contributed by atoms with E-state index < -0.39 is 0 Å². The molecule has 0 spiro atoms. The van der Waals surface area contributed by atoms with Gasteiger partial charge in [-0.3, -0.25) is 4.79 Å². The van der Waals surface area contributed by atoms with Gasteiger partial charge in [0.05, 0.1) is 29.5 Å². The highest BCUT2D eigenvalue weighted by Crippen LogP contribution is 2.43. The summed E-state index contributed by atoms with van der Waals surface area (Å²) in [5.74, 6) is 1.68. The molecule has 1 aromatic heterocycles. The van der Waals surface area contributed by atoms with Gasteiger partial charge in [-0.05, 0) is 74.1 Å². The van der Waals surface area contributed by atoms with Crippen molar-refractivity contribution in [1.29, 1.82) is 5.26 Å². The molecule has 0 bridgehead atoms. The van der Waals surface area contributed by atoms with Gasteiger partial charge in [-0.2, -0.15) is 5.26 Å². The summed E-state index contributed by atoms with van der Waals surface area (Å²) in [7, 11) is 0. The van der Waals surface area contributed by atoms with E-state index in [2.05, 4.69) is 29.5 Å². The van der Waals surface area contributed by atoms with Crippen LogP contribution in [0.5, 0.6) is 0 Å². The molecular weight excluding hydrogens is 402 g/mol. The van der Waals surface area contributed by atoms with E-state index in [1.807, 2.05) is 9.58 Å². The van der Waals surface area contributed by atoms with Crippen LogP contribution in [0.25, 0.3) is 0 Å². The van der Waals surface area contributed by atoms with Gasteiger partial charge in [0.2, 0.25) is 0 Å². The van der Waals surface area contributed by atoms with Crippen molar-refractivity contribution in [2.75, 3.05) is 19.7 Å². The van der Waals surface area contributed by atoms with Crippen molar-refractivity contribution in [1.82, 2.24) is 19.9 Å². The average molecular weight is 434 g/mol. The first-order chi connectivity index (χ1) is 15.6. The second-order valence-electron chi connectivity index (χ2n) is 9.71. The summed E-state index contributed by atoms with van der Waals surface area (Å²) < 4.78 is 8.47. The van der Waals surface area contributed by atoms with E-state index in [0.717, 1.165) is 57.0 Å². The number of amides is 1. The van der Waals surface area contributed by atoms with Crippen LogP contribution in [0.2, 0.25) is 0 Å². The number of likely N-dealkylation sites (tertiary alicyclic amines) is 1. The monoisotopic (exact) mass is 433 g/mol. The lowest BCUT2D eigenvalue weighted by Crippen LogP contribution is -2.38. The third-order valence-electron chi connectivity index (χ3n) is 7.28. The van der Waals surface area contributed by atoms with Crippen molar-refractivity contribution < 1.29 is 9.53 Å². The number of aromatic nitrogens is 3. The zero-order chi connectivity index (χ0) is 22.1. The van der Waals surface area contributed by atoms with Crippen LogP contribution in [0.15, 0.2) is 30.5 Å². The van der Waals surface area contributed by atoms with Gasteiger partial charge in [0.1, 0.15) is 0 Å². The van der Waals surface area contributed by atoms with E-state index in [1.165, 1.54) is 12.8 Å². The molecule has 7 nitrogen and oxygen atoms in total. The molecule has 2 aromatic rings. The highest BCUT2D eigenvalue weighted by Gasteiger charge is 2.45. The molecule has 1 aromatic carbocycles. The number of ether oxygens (including phenoxy) is 1. The maximum Gasteiger partial charge on any atom is 0.253 e. The number of benzene rings is 1. The summed E-state index contributed by atoms with van der Waals surface area (Å²) in [6.07, 6.45) is 8.70. The van der Waals surface area contributed by atoms with Gasteiger partial charge in [-0.15, -0.1) is 5.10 Å². The Hall–Kier alpha value is -2.72. The summed E-state index contributed by atoms with van der Waals surface area (Å²) in [4.78, 5) is 15.1. The third kappa shape index (κ3) is 4.42. The van der Waals surface area contributed by atoms with E-state index in [4.69, 9.17) is 10.00 Å². The van der Waals surface area contributed by atoms with Crippen molar-refractivity contribution in [3.63, 3.8) is 0 Å². The number of nitrogens with zero attached hydrogens (tertiary/aromatic N) is 5. The van der Waals surface area contributed by atoms with Gasteiger partial charge >= 0.3 is 0 Å². The quantitative estimate of drug-likeness (QED) is 0.666. The lowest BCUT2D eigenvalue weighted by atomic mass is 9.77. The van der Waals surface area contributed by atoms with Crippen LogP contribution in [0.1, 0.15) is 66.7 Å². The van der Waals surface area contributed by atoms with Gasteiger partial charge in [-0.25, -0.2) is 4.68 Å². The summed E-state index contributed by atoms with van der Waals surface area (Å²) >= 11 is 0. The second kappa shape index (κ2) is 9.03. The van der Waals surface area contributed by atoms with Crippen LogP contribution in [-0.4, -0.2) is 51.6 Å². The number of carbonyl (C=O) groups is 1. The summed E-state index contributed by atoms with van der Waals surface area (Å²) in [6.45, 7) is 4.54. The fourth-order valence-corrected chi connectivity index (χ4v) is 5.27. The van der Waals surface area contributed by atoms with Crippen molar-refractivity contribution in [2.45, 2.75) is 57.6 Å². The third-order valence-corrected chi connectivity index (χ3v) is 7.28. The van der Waals surface area contributed by atoms with Crippen LogP contribution >= 0.6 is 0 Å². The van der Waals surface area contributed by atoms with Crippen LogP contribution in [0.3, 0.4) is 0 Å². The maximum absolute atomic E-state index is 13.1. The lowest BCUT2D eigenvalue weighted by Gasteiger charge is -2.37. The normalized spacial score (nSPS) is 27.2. The van der Waals surface area contributed by atoms with Crippen LogP contribution in [0.4, 0.5) is 0 Å². The number of aryl methyl sites for hydroxylation is 1. The molecule has 3 fully saturated rings. The number of carbonyl (C=O) groups excluding carboxylic acids is 1. The lowest BCUT2D eigenvalue weighted by molar-refractivity contribution is -0.0375. The van der Waals surface area contributed by atoms with E-state index in [1.54, 1.807) is 24.3 Å². The Labute approximate surface area is 189 Å². The topological polar surface area (TPSA) is 84.0 Å². The molecule has 2 aliphatic carbocycles. The van der Waals surface area contributed by atoms with E-state index in [9.17, 15) is 4.79 Å². The molecule has 1 aliphatic heterocycles. The molecule has 4 atom stereocenters. The SMILES string of the molecule is CCCc1cn([C@@H]2C[C@@H]3CN(C(=O)c4ccc(C#N)cc4)C[C@@H]3C[C@H]2OCC2CC2)nn1. The number of hydrogen-bond donors (Lipinski definition) is 0. The van der Waals surface area contributed by atoms with Crippen LogP contribution < -0.4 is 0 Å². The largest absolute Gasteiger partial charge is 0.376 e.